The van der Waals surface area contributed by atoms with Crippen molar-refractivity contribution in [3.8, 4) is 5.75 Å². The van der Waals surface area contributed by atoms with Crippen molar-refractivity contribution < 1.29 is 14.3 Å². The molecule has 0 aliphatic heterocycles. The third kappa shape index (κ3) is 6.79. The first-order valence-electron chi connectivity index (χ1n) is 10.7. The first-order chi connectivity index (χ1) is 14.5. The van der Waals surface area contributed by atoms with Crippen LogP contribution < -0.4 is 20.7 Å². The maximum Gasteiger partial charge on any atom is 0.251 e. The molecule has 2 amide bonds. The zero-order chi connectivity index (χ0) is 21.3. The molecule has 2 aromatic rings. The largest absolute Gasteiger partial charge is 0.491 e. The number of carbonyl (C=O) groups excluding carboxylic acids is 2. The molecule has 6 nitrogen and oxygen atoms in total. The van der Waals surface area contributed by atoms with Gasteiger partial charge in [-0.15, -0.1) is 0 Å². The lowest BCUT2D eigenvalue weighted by Crippen LogP contribution is -2.36. The van der Waals surface area contributed by atoms with E-state index in [4.69, 9.17) is 4.74 Å². The molecule has 1 fully saturated rings. The molecule has 0 unspecified atom stereocenters. The molecule has 160 valence electrons. The number of hydrogen-bond donors (Lipinski definition) is 3. The van der Waals surface area contributed by atoms with Crippen LogP contribution in [0.3, 0.4) is 0 Å². The van der Waals surface area contributed by atoms with Crippen LogP contribution in [0.15, 0.2) is 48.5 Å². The Morgan fingerprint density at radius 2 is 1.73 bits per heavy atom. The second kappa shape index (κ2) is 10.7. The number of nitrogens with one attached hydrogen (secondary N) is 3. The van der Waals surface area contributed by atoms with Gasteiger partial charge in [0, 0.05) is 23.0 Å². The SMILES string of the molecule is CC(C)Oc1ccc(NC(=O)CNc2cccc(C(=O)NC3CCCCC3)c2)cc1. The molecule has 0 radical (unpaired) electrons. The van der Waals surface area contributed by atoms with Crippen molar-refractivity contribution in [2.24, 2.45) is 0 Å². The monoisotopic (exact) mass is 409 g/mol. The van der Waals surface area contributed by atoms with Crippen molar-refractivity contribution in [2.75, 3.05) is 17.2 Å². The molecule has 3 N–H and O–H groups in total. The van der Waals surface area contributed by atoms with Crippen LogP contribution >= 0.6 is 0 Å². The van der Waals surface area contributed by atoms with E-state index in [1.54, 1.807) is 12.1 Å². The maximum atomic E-state index is 12.5. The van der Waals surface area contributed by atoms with E-state index in [1.165, 1.54) is 19.3 Å². The molecule has 0 aromatic heterocycles. The molecule has 0 atom stereocenters. The Kier molecular flexibility index (Phi) is 7.71. The molecule has 1 aliphatic carbocycles. The Labute approximate surface area is 178 Å². The summed E-state index contributed by atoms with van der Waals surface area (Å²) in [7, 11) is 0. The van der Waals surface area contributed by atoms with Gasteiger partial charge in [-0.2, -0.15) is 0 Å². The highest BCUT2D eigenvalue weighted by Crippen LogP contribution is 2.19. The second-order valence-electron chi connectivity index (χ2n) is 7.98. The van der Waals surface area contributed by atoms with Gasteiger partial charge in [-0.1, -0.05) is 25.3 Å². The van der Waals surface area contributed by atoms with Gasteiger partial charge < -0.3 is 20.7 Å². The fourth-order valence-corrected chi connectivity index (χ4v) is 3.56. The molecule has 6 heteroatoms. The Balaban J connectivity index is 1.48. The van der Waals surface area contributed by atoms with Gasteiger partial charge in [-0.3, -0.25) is 9.59 Å². The molecular weight excluding hydrogens is 378 g/mol. The Morgan fingerprint density at radius 1 is 1.00 bits per heavy atom. The molecule has 3 rings (SSSR count). The van der Waals surface area contributed by atoms with Gasteiger partial charge in [-0.25, -0.2) is 0 Å². The second-order valence-corrected chi connectivity index (χ2v) is 7.98. The van der Waals surface area contributed by atoms with Crippen molar-refractivity contribution in [1.82, 2.24) is 5.32 Å². The summed E-state index contributed by atoms with van der Waals surface area (Å²) >= 11 is 0. The highest BCUT2D eigenvalue weighted by molar-refractivity contribution is 5.96. The zero-order valence-electron chi connectivity index (χ0n) is 17.7. The van der Waals surface area contributed by atoms with Gasteiger partial charge in [0.2, 0.25) is 5.91 Å². The lowest BCUT2D eigenvalue weighted by atomic mass is 9.95. The Hall–Kier alpha value is -3.02. The number of benzene rings is 2. The summed E-state index contributed by atoms with van der Waals surface area (Å²) in [5, 5.41) is 9.05. The third-order valence-electron chi connectivity index (χ3n) is 5.03. The van der Waals surface area contributed by atoms with Crippen LogP contribution in [0, 0.1) is 0 Å². The smallest absolute Gasteiger partial charge is 0.251 e. The lowest BCUT2D eigenvalue weighted by molar-refractivity contribution is -0.114. The predicted molar refractivity (Wildman–Crippen MR) is 120 cm³/mol. The summed E-state index contributed by atoms with van der Waals surface area (Å²) in [6.07, 6.45) is 5.81. The number of rotatable bonds is 8. The zero-order valence-corrected chi connectivity index (χ0v) is 17.7. The summed E-state index contributed by atoms with van der Waals surface area (Å²) in [4.78, 5) is 24.8. The van der Waals surface area contributed by atoms with Crippen LogP contribution in [0.25, 0.3) is 0 Å². The molecule has 1 aliphatic rings. The topological polar surface area (TPSA) is 79.5 Å². The molecule has 0 saturated heterocycles. The van der Waals surface area contributed by atoms with Crippen molar-refractivity contribution in [1.29, 1.82) is 0 Å². The standard InChI is InChI=1S/C24H31N3O3/c1-17(2)30-22-13-11-20(12-14-22)26-23(28)16-25-21-10-6-7-18(15-21)24(29)27-19-8-4-3-5-9-19/h6-7,10-15,17,19,25H,3-5,8-9,16H2,1-2H3,(H,26,28)(H,27,29). The first kappa shape index (κ1) is 21.7. The van der Waals surface area contributed by atoms with Crippen LogP contribution in [-0.4, -0.2) is 30.5 Å². The van der Waals surface area contributed by atoms with Crippen molar-refractivity contribution in [3.05, 3.63) is 54.1 Å². The van der Waals surface area contributed by atoms with E-state index >= 15 is 0 Å². The minimum atomic E-state index is -0.162. The van der Waals surface area contributed by atoms with Crippen LogP contribution in [0.1, 0.15) is 56.3 Å². The summed E-state index contributed by atoms with van der Waals surface area (Å²) in [5.74, 6) is 0.549. The predicted octanol–water partition coefficient (Wildman–Crippen LogP) is 4.59. The number of carbonyl (C=O) groups is 2. The van der Waals surface area contributed by atoms with Crippen molar-refractivity contribution in [2.45, 2.75) is 58.1 Å². The summed E-state index contributed by atoms with van der Waals surface area (Å²) in [6.45, 7) is 4.05. The maximum absolute atomic E-state index is 12.5. The minimum absolute atomic E-state index is 0.0568. The van der Waals surface area contributed by atoms with E-state index in [2.05, 4.69) is 16.0 Å². The van der Waals surface area contributed by atoms with E-state index in [0.29, 0.717) is 11.3 Å². The van der Waals surface area contributed by atoms with E-state index < -0.39 is 0 Å². The van der Waals surface area contributed by atoms with Gasteiger partial charge in [0.25, 0.3) is 5.91 Å². The Bertz CT molecular complexity index is 843. The summed E-state index contributed by atoms with van der Waals surface area (Å²) in [6, 6.07) is 14.8. The van der Waals surface area contributed by atoms with Gasteiger partial charge >= 0.3 is 0 Å². The summed E-state index contributed by atoms with van der Waals surface area (Å²) < 4.78 is 5.60. The normalized spacial score (nSPS) is 14.2. The molecule has 1 saturated carbocycles. The Morgan fingerprint density at radius 3 is 2.43 bits per heavy atom. The molecular formula is C24H31N3O3. The fraction of sp³-hybridized carbons (Fsp3) is 0.417. The number of ether oxygens (including phenoxy) is 1. The van der Waals surface area contributed by atoms with Crippen LogP contribution in [-0.2, 0) is 4.79 Å². The molecule has 0 spiro atoms. The van der Waals surface area contributed by atoms with Gasteiger partial charge in [0.05, 0.1) is 12.6 Å². The first-order valence-corrected chi connectivity index (χ1v) is 10.7. The van der Waals surface area contributed by atoms with Crippen molar-refractivity contribution in [3.63, 3.8) is 0 Å². The lowest BCUT2D eigenvalue weighted by Gasteiger charge is -2.22. The quantitative estimate of drug-likeness (QED) is 0.596. The molecule has 0 heterocycles. The molecule has 0 bridgehead atoms. The highest BCUT2D eigenvalue weighted by Gasteiger charge is 2.16. The van der Waals surface area contributed by atoms with E-state index in [-0.39, 0.29) is 30.5 Å². The van der Waals surface area contributed by atoms with Gasteiger partial charge in [-0.05, 0) is 69.2 Å². The van der Waals surface area contributed by atoms with E-state index in [0.717, 1.165) is 24.3 Å². The van der Waals surface area contributed by atoms with E-state index in [9.17, 15) is 9.59 Å². The highest BCUT2D eigenvalue weighted by atomic mass is 16.5. The summed E-state index contributed by atoms with van der Waals surface area (Å²) in [5.41, 5.74) is 2.05. The average molecular weight is 410 g/mol. The number of hydrogen-bond acceptors (Lipinski definition) is 4. The molecule has 2 aromatic carbocycles. The van der Waals surface area contributed by atoms with Crippen LogP contribution in [0.5, 0.6) is 5.75 Å². The average Bonchev–Trinajstić information content (AvgIpc) is 2.74. The number of anilines is 2. The van der Waals surface area contributed by atoms with Crippen molar-refractivity contribution >= 4 is 23.2 Å². The van der Waals surface area contributed by atoms with Crippen LogP contribution in [0.2, 0.25) is 0 Å². The van der Waals surface area contributed by atoms with Crippen LogP contribution in [0.4, 0.5) is 11.4 Å². The molecule has 30 heavy (non-hydrogen) atoms. The van der Waals surface area contributed by atoms with Gasteiger partial charge in [0.15, 0.2) is 0 Å². The van der Waals surface area contributed by atoms with Gasteiger partial charge in [0.1, 0.15) is 5.75 Å². The fourth-order valence-electron chi connectivity index (χ4n) is 3.56. The number of amides is 2. The minimum Gasteiger partial charge on any atom is -0.491 e. The van der Waals surface area contributed by atoms with E-state index in [1.807, 2.05) is 50.2 Å². The third-order valence-corrected chi connectivity index (χ3v) is 5.03.